The van der Waals surface area contributed by atoms with E-state index in [-0.39, 0.29) is 17.8 Å². The highest BCUT2D eigenvalue weighted by molar-refractivity contribution is 7.11. The number of rotatable bonds is 6. The van der Waals surface area contributed by atoms with Crippen molar-refractivity contribution >= 4 is 11.3 Å². The van der Waals surface area contributed by atoms with Crippen molar-refractivity contribution in [1.82, 2.24) is 10.3 Å². The van der Waals surface area contributed by atoms with Crippen LogP contribution in [0.2, 0.25) is 0 Å². The van der Waals surface area contributed by atoms with E-state index < -0.39 is 0 Å². The third-order valence-corrected chi connectivity index (χ3v) is 4.82. The van der Waals surface area contributed by atoms with E-state index in [1.807, 2.05) is 18.3 Å². The van der Waals surface area contributed by atoms with E-state index in [2.05, 4.69) is 31.1 Å². The van der Waals surface area contributed by atoms with Crippen LogP contribution in [0.1, 0.15) is 48.3 Å². The summed E-state index contributed by atoms with van der Waals surface area (Å²) in [5, 5.41) is 14.3. The van der Waals surface area contributed by atoms with Gasteiger partial charge in [0.05, 0.1) is 13.2 Å². The van der Waals surface area contributed by atoms with Crippen LogP contribution >= 0.6 is 11.3 Å². The van der Waals surface area contributed by atoms with E-state index >= 15 is 0 Å². The molecule has 0 aliphatic rings. The summed E-state index contributed by atoms with van der Waals surface area (Å²) >= 11 is 1.75. The molecule has 1 heterocycles. The lowest BCUT2D eigenvalue weighted by Gasteiger charge is -2.19. The molecule has 1 aromatic carbocycles. The molecule has 4 nitrogen and oxygen atoms in total. The van der Waals surface area contributed by atoms with Crippen LogP contribution in [0.4, 0.5) is 0 Å². The van der Waals surface area contributed by atoms with E-state index in [4.69, 9.17) is 4.74 Å². The molecule has 0 saturated carbocycles. The molecule has 114 valence electrons. The number of nitrogens with zero attached hydrogens (tertiary/aromatic N) is 1. The number of hydrogen-bond donors (Lipinski definition) is 2. The second-order valence-electron chi connectivity index (χ2n) is 5.06. The fourth-order valence-electron chi connectivity index (χ4n) is 2.19. The number of thiazole rings is 1. The van der Waals surface area contributed by atoms with Gasteiger partial charge in [-0.05, 0) is 38.0 Å². The number of aryl methyl sites for hydroxylation is 1. The van der Waals surface area contributed by atoms with Crippen molar-refractivity contribution in [3.63, 3.8) is 0 Å². The van der Waals surface area contributed by atoms with Gasteiger partial charge in [0.15, 0.2) is 11.5 Å². The Bertz CT molecular complexity index is 598. The molecule has 0 fully saturated rings. The molecule has 0 spiro atoms. The molecule has 2 unspecified atom stereocenters. The fourth-order valence-corrected chi connectivity index (χ4v) is 3.06. The third-order valence-electron chi connectivity index (χ3n) is 3.49. The Labute approximate surface area is 129 Å². The monoisotopic (exact) mass is 306 g/mol. The van der Waals surface area contributed by atoms with Gasteiger partial charge >= 0.3 is 0 Å². The zero-order valence-corrected chi connectivity index (χ0v) is 13.7. The summed E-state index contributed by atoms with van der Waals surface area (Å²) in [6.45, 7) is 6.35. The van der Waals surface area contributed by atoms with Crippen molar-refractivity contribution in [2.24, 2.45) is 0 Å². The van der Waals surface area contributed by atoms with Gasteiger partial charge in [-0.2, -0.15) is 0 Å². The highest BCUT2D eigenvalue weighted by Gasteiger charge is 2.15. The van der Waals surface area contributed by atoms with Gasteiger partial charge in [0.25, 0.3) is 0 Å². The van der Waals surface area contributed by atoms with Crippen molar-refractivity contribution in [2.75, 3.05) is 7.11 Å². The smallest absolute Gasteiger partial charge is 0.160 e. The molecule has 21 heavy (non-hydrogen) atoms. The summed E-state index contributed by atoms with van der Waals surface area (Å²) in [5.74, 6) is 0.658. The van der Waals surface area contributed by atoms with Gasteiger partial charge in [-0.15, -0.1) is 11.3 Å². The molecule has 1 aromatic heterocycles. The second-order valence-corrected chi connectivity index (χ2v) is 6.21. The molecule has 0 amide bonds. The van der Waals surface area contributed by atoms with Gasteiger partial charge in [0.1, 0.15) is 5.01 Å². The first-order valence-electron chi connectivity index (χ1n) is 7.12. The number of phenols is 1. The van der Waals surface area contributed by atoms with E-state index in [0.717, 1.165) is 17.0 Å². The van der Waals surface area contributed by atoms with Crippen molar-refractivity contribution < 1.29 is 9.84 Å². The minimum absolute atomic E-state index is 0.142. The molecular weight excluding hydrogens is 284 g/mol. The lowest BCUT2D eigenvalue weighted by molar-refractivity contribution is 0.371. The molecular formula is C16H22N2O2S. The molecule has 2 aromatic rings. The Morgan fingerprint density at radius 2 is 2.10 bits per heavy atom. The summed E-state index contributed by atoms with van der Waals surface area (Å²) in [6, 6.07) is 5.75. The maximum atomic E-state index is 9.65. The van der Waals surface area contributed by atoms with Gasteiger partial charge in [-0.1, -0.05) is 13.0 Å². The largest absolute Gasteiger partial charge is 0.504 e. The van der Waals surface area contributed by atoms with Crippen molar-refractivity contribution in [2.45, 2.75) is 39.3 Å². The first kappa shape index (κ1) is 15.8. The predicted octanol–water partition coefficient (Wildman–Crippen LogP) is 3.83. The average molecular weight is 306 g/mol. The highest BCUT2D eigenvalue weighted by Crippen LogP contribution is 2.30. The average Bonchev–Trinajstić information content (AvgIpc) is 2.96. The number of phenolic OH excluding ortho intramolecular Hbond substituents is 1. The van der Waals surface area contributed by atoms with Crippen LogP contribution < -0.4 is 10.1 Å². The number of hydrogen-bond acceptors (Lipinski definition) is 5. The third kappa shape index (κ3) is 3.74. The quantitative estimate of drug-likeness (QED) is 0.851. The Morgan fingerprint density at radius 1 is 1.33 bits per heavy atom. The number of benzene rings is 1. The number of aromatic nitrogens is 1. The molecule has 2 rings (SSSR count). The van der Waals surface area contributed by atoms with Crippen molar-refractivity contribution in [3.05, 3.63) is 39.8 Å². The molecule has 0 bridgehead atoms. The number of nitrogens with one attached hydrogen (secondary N) is 1. The minimum atomic E-state index is 0.142. The zero-order valence-electron chi connectivity index (χ0n) is 12.9. The van der Waals surface area contributed by atoms with E-state index in [1.165, 1.54) is 4.88 Å². The summed E-state index contributed by atoms with van der Waals surface area (Å²) in [7, 11) is 1.56. The lowest BCUT2D eigenvalue weighted by Crippen LogP contribution is -2.22. The topological polar surface area (TPSA) is 54.4 Å². The first-order valence-corrected chi connectivity index (χ1v) is 7.94. The molecule has 0 aliphatic carbocycles. The summed E-state index contributed by atoms with van der Waals surface area (Å²) in [6.07, 6.45) is 2.97. The number of ether oxygens (including phenoxy) is 1. The molecule has 0 aliphatic heterocycles. The highest BCUT2D eigenvalue weighted by atomic mass is 32.1. The van der Waals surface area contributed by atoms with Crippen LogP contribution in [-0.2, 0) is 6.42 Å². The normalized spacial score (nSPS) is 13.9. The molecule has 0 saturated heterocycles. The van der Waals surface area contributed by atoms with Crippen LogP contribution in [0.25, 0.3) is 0 Å². The SMILES string of the molecule is CCc1cnc(C(C)NC(C)c2ccc(O)c(OC)c2)s1. The second kappa shape index (κ2) is 6.91. The fraction of sp³-hybridized carbons (Fsp3) is 0.438. The van der Waals surface area contributed by atoms with E-state index in [9.17, 15) is 5.11 Å². The summed E-state index contributed by atoms with van der Waals surface area (Å²) in [4.78, 5) is 5.78. The Hall–Kier alpha value is -1.59. The maximum Gasteiger partial charge on any atom is 0.160 e. The number of methoxy groups -OCH3 is 1. The Morgan fingerprint density at radius 3 is 2.71 bits per heavy atom. The van der Waals surface area contributed by atoms with Crippen molar-refractivity contribution in [1.29, 1.82) is 0 Å². The van der Waals surface area contributed by atoms with Gasteiger partial charge in [-0.25, -0.2) is 4.98 Å². The van der Waals surface area contributed by atoms with Gasteiger partial charge in [0.2, 0.25) is 0 Å². The predicted molar refractivity (Wildman–Crippen MR) is 86.1 cm³/mol. The lowest BCUT2D eigenvalue weighted by atomic mass is 10.1. The van der Waals surface area contributed by atoms with Crippen molar-refractivity contribution in [3.8, 4) is 11.5 Å². The summed E-state index contributed by atoms with van der Waals surface area (Å²) < 4.78 is 5.16. The molecule has 5 heteroatoms. The van der Waals surface area contributed by atoms with Crippen LogP contribution in [0, 0.1) is 0 Å². The van der Waals surface area contributed by atoms with Crippen LogP contribution in [0.15, 0.2) is 24.4 Å². The van der Waals surface area contributed by atoms with Crippen LogP contribution in [-0.4, -0.2) is 17.2 Å². The molecule has 0 radical (unpaired) electrons. The van der Waals surface area contributed by atoms with Gasteiger partial charge in [-0.3, -0.25) is 0 Å². The van der Waals surface area contributed by atoms with Crippen LogP contribution in [0.3, 0.4) is 0 Å². The number of aromatic hydroxyl groups is 1. The minimum Gasteiger partial charge on any atom is -0.504 e. The first-order chi connectivity index (χ1) is 10.0. The Kier molecular flexibility index (Phi) is 5.20. The zero-order chi connectivity index (χ0) is 15.4. The standard InChI is InChI=1S/C16H22N2O2S/c1-5-13-9-17-16(21-13)11(3)18-10(2)12-6-7-14(19)15(8-12)20-4/h6-11,18-19H,5H2,1-4H3. The van der Waals surface area contributed by atoms with Gasteiger partial charge < -0.3 is 15.2 Å². The van der Waals surface area contributed by atoms with E-state index in [1.54, 1.807) is 24.5 Å². The van der Waals surface area contributed by atoms with Crippen LogP contribution in [0.5, 0.6) is 11.5 Å². The molecule has 2 atom stereocenters. The summed E-state index contributed by atoms with van der Waals surface area (Å²) in [5.41, 5.74) is 1.07. The Balaban J connectivity index is 2.08. The maximum absolute atomic E-state index is 9.65. The molecule has 2 N–H and O–H groups in total. The van der Waals surface area contributed by atoms with Gasteiger partial charge in [0, 0.05) is 17.1 Å². The van der Waals surface area contributed by atoms with E-state index in [0.29, 0.717) is 5.75 Å².